The first-order valence-corrected chi connectivity index (χ1v) is 10.4. The Morgan fingerprint density at radius 1 is 1.38 bits per heavy atom. The van der Waals surface area contributed by atoms with Gasteiger partial charge in [-0.25, -0.2) is 0 Å². The number of ketones is 1. The van der Waals surface area contributed by atoms with E-state index in [1.807, 2.05) is 18.2 Å². The van der Waals surface area contributed by atoms with Crippen molar-refractivity contribution >= 4 is 51.5 Å². The fraction of sp³-hybridized carbons (Fsp3) is 0.412. The molecule has 26 heavy (non-hydrogen) atoms. The van der Waals surface area contributed by atoms with Crippen LogP contribution in [0.2, 0.25) is 5.02 Å². The molecule has 6 nitrogen and oxygen atoms in total. The van der Waals surface area contributed by atoms with Crippen LogP contribution in [0, 0.1) is 0 Å². The molecule has 0 radical (unpaired) electrons. The minimum absolute atomic E-state index is 0.0397. The molecular weight excluding hydrogens is 392 g/mol. The Kier molecular flexibility index (Phi) is 5.84. The smallest absolute Gasteiger partial charge is 0.233 e. The third kappa shape index (κ3) is 3.58. The number of hydrogen-bond acceptors (Lipinski definition) is 7. The number of aromatic nitrogens is 2. The lowest BCUT2D eigenvalue weighted by Gasteiger charge is -2.44. The van der Waals surface area contributed by atoms with Gasteiger partial charge in [0.2, 0.25) is 11.0 Å². The van der Waals surface area contributed by atoms with Crippen molar-refractivity contribution in [1.29, 1.82) is 0 Å². The Morgan fingerprint density at radius 3 is 2.81 bits per heavy atom. The number of anilines is 1. The quantitative estimate of drug-likeness (QED) is 0.760. The predicted molar refractivity (Wildman–Crippen MR) is 104 cm³/mol. The molecule has 1 heterocycles. The summed E-state index contributed by atoms with van der Waals surface area (Å²) in [6, 6.07) is 7.28. The Balaban J connectivity index is 1.87. The van der Waals surface area contributed by atoms with Crippen LogP contribution < -0.4 is 5.73 Å². The van der Waals surface area contributed by atoms with E-state index in [2.05, 4.69) is 10.2 Å². The zero-order chi connectivity index (χ0) is 18.7. The second kappa shape index (κ2) is 7.94. The second-order valence-corrected chi connectivity index (χ2v) is 8.76. The van der Waals surface area contributed by atoms with Crippen molar-refractivity contribution in [2.75, 3.05) is 18.5 Å². The first-order chi connectivity index (χ1) is 12.4. The highest BCUT2D eigenvalue weighted by Gasteiger charge is 2.47. The lowest BCUT2D eigenvalue weighted by Crippen LogP contribution is -2.54. The number of benzene rings is 1. The number of nitrogen functional groups attached to an aromatic ring is 1. The molecule has 0 spiro atoms. The summed E-state index contributed by atoms with van der Waals surface area (Å²) in [5, 5.41) is 8.53. The van der Waals surface area contributed by atoms with E-state index < -0.39 is 5.54 Å². The fourth-order valence-corrected chi connectivity index (χ4v) is 5.18. The molecule has 2 aromatic rings. The molecule has 1 aromatic carbocycles. The lowest BCUT2D eigenvalue weighted by molar-refractivity contribution is -0.146. The maximum atomic E-state index is 13.0. The third-order valence-corrected chi connectivity index (χ3v) is 6.86. The maximum absolute atomic E-state index is 13.0. The number of carbonyl (C=O) groups excluding carboxylic acids is 2. The van der Waals surface area contributed by atoms with Crippen LogP contribution in [0.5, 0.6) is 0 Å². The molecule has 0 aliphatic heterocycles. The first kappa shape index (κ1) is 19.1. The number of nitrogens with zero attached hydrogens (tertiary/aromatic N) is 3. The van der Waals surface area contributed by atoms with Crippen LogP contribution in [0.4, 0.5) is 5.13 Å². The minimum Gasteiger partial charge on any atom is -0.374 e. The number of Topliss-reactive ketones (excluding diaryl/α,β-unsaturated/α-hetero) is 1. The summed E-state index contributed by atoms with van der Waals surface area (Å²) in [6.07, 6.45) is 2.73. The van der Waals surface area contributed by atoms with Gasteiger partial charge in [-0.05, 0) is 25.3 Å². The van der Waals surface area contributed by atoms with Crippen LogP contribution in [0.3, 0.4) is 0 Å². The molecule has 0 saturated heterocycles. The Bertz CT molecular complexity index is 829. The standard InChI is InChI=1S/C17H19ClN4O2S2/c1-22(14(24)10-25-16-21-20-15(19)26-16)17(9-5-4-8-13(17)23)11-6-2-3-7-12(11)18/h2-3,6-7H,4-5,8-10H2,1H3,(H2,19,20)/t17-/m0/s1. The normalized spacial score (nSPS) is 20.2. The summed E-state index contributed by atoms with van der Waals surface area (Å²) < 4.78 is 0.631. The highest BCUT2D eigenvalue weighted by Crippen LogP contribution is 2.42. The molecule has 1 amide bonds. The van der Waals surface area contributed by atoms with Crippen LogP contribution in [-0.2, 0) is 15.1 Å². The van der Waals surface area contributed by atoms with E-state index >= 15 is 0 Å². The van der Waals surface area contributed by atoms with Gasteiger partial charge in [0, 0.05) is 24.1 Å². The number of rotatable bonds is 5. The summed E-state index contributed by atoms with van der Waals surface area (Å²) in [4.78, 5) is 27.5. The maximum Gasteiger partial charge on any atom is 0.233 e. The van der Waals surface area contributed by atoms with Crippen LogP contribution >= 0.6 is 34.7 Å². The molecule has 1 aliphatic rings. The molecule has 1 aliphatic carbocycles. The molecule has 138 valence electrons. The molecule has 1 aromatic heterocycles. The first-order valence-electron chi connectivity index (χ1n) is 8.22. The fourth-order valence-electron chi connectivity index (χ4n) is 3.34. The van der Waals surface area contributed by atoms with Crippen LogP contribution in [0.25, 0.3) is 0 Å². The van der Waals surface area contributed by atoms with Crippen molar-refractivity contribution in [3.63, 3.8) is 0 Å². The van der Waals surface area contributed by atoms with Crippen molar-refractivity contribution in [3.05, 3.63) is 34.9 Å². The van der Waals surface area contributed by atoms with E-state index in [9.17, 15) is 9.59 Å². The van der Waals surface area contributed by atoms with Crippen molar-refractivity contribution < 1.29 is 9.59 Å². The van der Waals surface area contributed by atoms with Crippen molar-refractivity contribution in [2.45, 2.75) is 35.6 Å². The zero-order valence-electron chi connectivity index (χ0n) is 14.3. The second-order valence-electron chi connectivity index (χ2n) is 6.12. The Hall–Kier alpha value is -1.64. The van der Waals surface area contributed by atoms with Crippen LogP contribution in [0.15, 0.2) is 28.6 Å². The van der Waals surface area contributed by atoms with Gasteiger partial charge in [-0.15, -0.1) is 10.2 Å². The average molecular weight is 411 g/mol. The number of likely N-dealkylation sites (N-methyl/N-ethyl adjacent to an activating group) is 1. The van der Waals surface area contributed by atoms with Crippen molar-refractivity contribution in [3.8, 4) is 0 Å². The molecular formula is C17H19ClN4O2S2. The largest absolute Gasteiger partial charge is 0.374 e. The monoisotopic (exact) mass is 410 g/mol. The predicted octanol–water partition coefficient (Wildman–Crippen LogP) is 3.36. The van der Waals surface area contributed by atoms with Gasteiger partial charge in [0.1, 0.15) is 5.54 Å². The molecule has 3 rings (SSSR count). The van der Waals surface area contributed by atoms with E-state index in [4.69, 9.17) is 17.3 Å². The van der Waals surface area contributed by atoms with E-state index in [1.165, 1.54) is 23.1 Å². The Labute approximate surface area is 165 Å². The Morgan fingerprint density at radius 2 is 2.15 bits per heavy atom. The van der Waals surface area contributed by atoms with Gasteiger partial charge in [-0.3, -0.25) is 9.59 Å². The SMILES string of the molecule is CN(C(=O)CSc1nnc(N)s1)[C@]1(c2ccccc2Cl)CCCCC1=O. The van der Waals surface area contributed by atoms with Crippen LogP contribution in [-0.4, -0.2) is 39.6 Å². The number of nitrogens with two attached hydrogens (primary N) is 1. The average Bonchev–Trinajstić information content (AvgIpc) is 3.06. The zero-order valence-corrected chi connectivity index (χ0v) is 16.7. The number of thioether (sulfide) groups is 1. The minimum atomic E-state index is -1.01. The van der Waals surface area contributed by atoms with Crippen molar-refractivity contribution in [1.82, 2.24) is 15.1 Å². The summed E-state index contributed by atoms with van der Waals surface area (Å²) in [5.74, 6) is 0.0433. The van der Waals surface area contributed by atoms with Gasteiger partial charge in [0.25, 0.3) is 0 Å². The van der Waals surface area contributed by atoms with E-state index in [0.29, 0.717) is 32.9 Å². The highest BCUT2D eigenvalue weighted by atomic mass is 35.5. The summed E-state index contributed by atoms with van der Waals surface area (Å²) >= 11 is 8.92. The van der Waals surface area contributed by atoms with E-state index in [1.54, 1.807) is 18.0 Å². The molecule has 9 heteroatoms. The van der Waals surface area contributed by atoms with Gasteiger partial charge >= 0.3 is 0 Å². The number of carbonyl (C=O) groups is 2. The summed E-state index contributed by atoms with van der Waals surface area (Å²) in [7, 11) is 1.68. The number of hydrogen-bond donors (Lipinski definition) is 1. The summed E-state index contributed by atoms with van der Waals surface area (Å²) in [6.45, 7) is 0. The summed E-state index contributed by atoms with van der Waals surface area (Å²) in [5.41, 5.74) is 5.27. The molecule has 1 fully saturated rings. The van der Waals surface area contributed by atoms with Gasteiger partial charge in [-0.2, -0.15) is 0 Å². The number of halogens is 1. The third-order valence-electron chi connectivity index (χ3n) is 4.66. The van der Waals surface area contributed by atoms with Gasteiger partial charge in [0.05, 0.1) is 5.75 Å². The number of amides is 1. The van der Waals surface area contributed by atoms with Gasteiger partial charge < -0.3 is 10.6 Å². The topological polar surface area (TPSA) is 89.2 Å². The molecule has 0 bridgehead atoms. The molecule has 1 atom stereocenters. The van der Waals surface area contributed by atoms with Gasteiger partial charge in [-0.1, -0.05) is 52.9 Å². The highest BCUT2D eigenvalue weighted by molar-refractivity contribution is 8.01. The van der Waals surface area contributed by atoms with E-state index in [-0.39, 0.29) is 17.4 Å². The lowest BCUT2D eigenvalue weighted by atomic mass is 9.74. The molecule has 1 saturated carbocycles. The van der Waals surface area contributed by atoms with Gasteiger partial charge in [0.15, 0.2) is 10.1 Å². The molecule has 2 N–H and O–H groups in total. The van der Waals surface area contributed by atoms with Crippen molar-refractivity contribution in [2.24, 2.45) is 0 Å². The van der Waals surface area contributed by atoms with E-state index in [0.717, 1.165) is 12.8 Å². The van der Waals surface area contributed by atoms with Crippen LogP contribution in [0.1, 0.15) is 31.2 Å². The molecule has 0 unspecified atom stereocenters.